The molecule has 0 spiro atoms. The van der Waals surface area contributed by atoms with E-state index < -0.39 is 23.4 Å². The highest BCUT2D eigenvalue weighted by Gasteiger charge is 2.32. The highest BCUT2D eigenvalue weighted by Crippen LogP contribution is 2.38. The Balaban J connectivity index is 2.38. The first-order valence-electron chi connectivity index (χ1n) is 4.14. The van der Waals surface area contributed by atoms with Gasteiger partial charge in [-0.25, -0.2) is 9.37 Å². The molecule has 0 saturated carbocycles. The lowest BCUT2D eigenvalue weighted by Gasteiger charge is -2.06. The van der Waals surface area contributed by atoms with Crippen LogP contribution >= 0.6 is 23.4 Å². The van der Waals surface area contributed by atoms with Crippen LogP contribution in [0.25, 0.3) is 10.2 Å². The van der Waals surface area contributed by atoms with E-state index in [4.69, 9.17) is 5.73 Å². The molecule has 2 N–H and O–H groups in total. The molecule has 3 nitrogen and oxygen atoms in total. The number of rotatable bonds is 2. The van der Waals surface area contributed by atoms with Gasteiger partial charge in [0.15, 0.2) is 22.9 Å². The number of hydrogen-bond acceptors (Lipinski definition) is 5. The predicted molar refractivity (Wildman–Crippen MR) is 58.3 cm³/mol. The smallest absolute Gasteiger partial charge is 0.415 e. The molecule has 0 atom stereocenters. The topological polar surface area (TPSA) is 48.1 Å². The maximum absolute atomic E-state index is 13.3. The third-order valence-electron chi connectivity index (χ3n) is 1.70. The zero-order chi connectivity index (χ0) is 12.6. The lowest BCUT2D eigenvalue weighted by atomic mass is 10.3. The number of nitrogen functional groups attached to an aromatic ring is 1. The number of halogens is 4. The van der Waals surface area contributed by atoms with Crippen LogP contribution in [0.4, 0.5) is 22.7 Å². The molecular formula is C8H4F4N2OS2. The second kappa shape index (κ2) is 4.22. The van der Waals surface area contributed by atoms with Crippen molar-refractivity contribution in [3.05, 3.63) is 17.9 Å². The zero-order valence-corrected chi connectivity index (χ0v) is 9.55. The zero-order valence-electron chi connectivity index (χ0n) is 7.92. The monoisotopic (exact) mass is 284 g/mol. The summed E-state index contributed by atoms with van der Waals surface area (Å²) in [7, 11) is 0. The number of nitrogens with two attached hydrogens (primary N) is 1. The summed E-state index contributed by atoms with van der Waals surface area (Å²) in [6, 6.07) is 2.09. The second-order valence-corrected chi connectivity index (χ2v) is 4.71. The summed E-state index contributed by atoms with van der Waals surface area (Å²) >= 11 is 0.165. The van der Waals surface area contributed by atoms with Crippen LogP contribution in [0.3, 0.4) is 0 Å². The van der Waals surface area contributed by atoms with Crippen molar-refractivity contribution in [2.45, 2.75) is 5.51 Å². The van der Waals surface area contributed by atoms with Gasteiger partial charge in [0, 0.05) is 0 Å². The number of benzene rings is 1. The van der Waals surface area contributed by atoms with Crippen molar-refractivity contribution in [1.82, 2.24) is 4.98 Å². The van der Waals surface area contributed by atoms with Crippen LogP contribution in [-0.2, 0) is 0 Å². The van der Waals surface area contributed by atoms with Crippen LogP contribution in [-0.4, -0.2) is 10.5 Å². The Bertz CT molecular complexity index is 554. The lowest BCUT2D eigenvalue weighted by Crippen LogP contribution is -2.02. The summed E-state index contributed by atoms with van der Waals surface area (Å²) in [5, 5.41) is 0.0620. The molecule has 1 aromatic heterocycles. The Hall–Kier alpha value is -1.22. The molecule has 0 aliphatic carbocycles. The van der Waals surface area contributed by atoms with Crippen molar-refractivity contribution in [2.24, 2.45) is 0 Å². The summed E-state index contributed by atoms with van der Waals surface area (Å²) in [5.41, 5.74) is 0.817. The van der Waals surface area contributed by atoms with Crippen molar-refractivity contribution in [3.8, 4) is 5.75 Å². The summed E-state index contributed by atoms with van der Waals surface area (Å²) in [5.74, 6) is -0.768. The molecule has 0 aliphatic heterocycles. The van der Waals surface area contributed by atoms with E-state index in [1.54, 1.807) is 0 Å². The van der Waals surface area contributed by atoms with Gasteiger partial charge >= 0.3 is 5.51 Å². The number of alkyl halides is 3. The van der Waals surface area contributed by atoms with Crippen molar-refractivity contribution in [1.29, 1.82) is 0 Å². The van der Waals surface area contributed by atoms with E-state index in [0.29, 0.717) is 0 Å². The van der Waals surface area contributed by atoms with Gasteiger partial charge in [0.05, 0.1) is 4.70 Å². The van der Waals surface area contributed by atoms with Gasteiger partial charge in [-0.3, -0.25) is 0 Å². The van der Waals surface area contributed by atoms with Gasteiger partial charge in [-0.1, -0.05) is 11.3 Å². The molecule has 0 saturated heterocycles. The fourth-order valence-electron chi connectivity index (χ4n) is 1.13. The molecule has 92 valence electrons. The van der Waals surface area contributed by atoms with E-state index in [2.05, 4.69) is 9.17 Å². The van der Waals surface area contributed by atoms with Crippen LogP contribution in [0.1, 0.15) is 0 Å². The van der Waals surface area contributed by atoms with Crippen molar-refractivity contribution in [2.75, 3.05) is 5.73 Å². The van der Waals surface area contributed by atoms with Gasteiger partial charge in [-0.2, -0.15) is 13.2 Å². The van der Waals surface area contributed by atoms with E-state index in [0.717, 1.165) is 23.5 Å². The van der Waals surface area contributed by atoms with E-state index in [9.17, 15) is 17.6 Å². The molecule has 9 heteroatoms. The van der Waals surface area contributed by atoms with Crippen LogP contribution in [0.5, 0.6) is 5.75 Å². The van der Waals surface area contributed by atoms with Crippen molar-refractivity contribution in [3.63, 3.8) is 0 Å². The number of hydrogen-bond donors (Lipinski definition) is 1. The molecule has 0 unspecified atom stereocenters. The third kappa shape index (κ3) is 2.72. The van der Waals surface area contributed by atoms with Crippen LogP contribution < -0.4 is 9.92 Å². The van der Waals surface area contributed by atoms with Crippen LogP contribution in [0.15, 0.2) is 12.1 Å². The third-order valence-corrected chi connectivity index (χ3v) is 3.05. The first kappa shape index (κ1) is 12.2. The van der Waals surface area contributed by atoms with E-state index >= 15 is 0 Å². The quantitative estimate of drug-likeness (QED) is 0.676. The fourth-order valence-corrected chi connectivity index (χ4v) is 2.20. The Morgan fingerprint density at radius 2 is 2.06 bits per heavy atom. The van der Waals surface area contributed by atoms with Crippen molar-refractivity contribution < 1.29 is 21.7 Å². The minimum absolute atomic E-state index is 0.00995. The summed E-state index contributed by atoms with van der Waals surface area (Å²) in [6.45, 7) is 0. The summed E-state index contributed by atoms with van der Waals surface area (Å²) in [6.07, 6.45) is 0. The van der Waals surface area contributed by atoms with Crippen LogP contribution in [0, 0.1) is 5.82 Å². The van der Waals surface area contributed by atoms with Gasteiger partial charge in [0.25, 0.3) is 0 Å². The Morgan fingerprint density at radius 3 is 2.71 bits per heavy atom. The van der Waals surface area contributed by atoms with Crippen LogP contribution in [0.2, 0.25) is 0 Å². The van der Waals surface area contributed by atoms with Gasteiger partial charge < -0.3 is 9.92 Å². The number of thiazole rings is 1. The van der Waals surface area contributed by atoms with E-state index in [1.165, 1.54) is 0 Å². The normalized spacial score (nSPS) is 12.0. The standard InChI is InChI=1S/C8H4F4N2OS2/c9-3-1-2-4(15-17-8(10,11)12)5-6(3)16-7(13)14-5/h1-2H,(H2,13,14). The predicted octanol–water partition coefficient (Wildman–Crippen LogP) is 3.56. The molecule has 2 rings (SSSR count). The maximum atomic E-state index is 13.3. The molecule has 0 fully saturated rings. The first-order valence-corrected chi connectivity index (χ1v) is 5.69. The molecule has 1 heterocycles. The number of nitrogens with zero attached hydrogens (tertiary/aromatic N) is 1. The molecule has 17 heavy (non-hydrogen) atoms. The average molecular weight is 284 g/mol. The molecule has 1 aromatic carbocycles. The Morgan fingerprint density at radius 1 is 1.35 bits per heavy atom. The molecule has 0 amide bonds. The van der Waals surface area contributed by atoms with Gasteiger partial charge in [-0.05, 0) is 12.1 Å². The molecule has 0 aliphatic rings. The van der Waals surface area contributed by atoms with Gasteiger partial charge in [-0.15, -0.1) is 0 Å². The Kier molecular flexibility index (Phi) is 3.04. The minimum atomic E-state index is -4.54. The summed E-state index contributed by atoms with van der Waals surface area (Å²) < 4.78 is 53.7. The van der Waals surface area contributed by atoms with Crippen molar-refractivity contribution >= 4 is 38.7 Å². The van der Waals surface area contributed by atoms with E-state index in [1.807, 2.05) is 0 Å². The second-order valence-electron chi connectivity index (χ2n) is 2.89. The molecule has 2 aromatic rings. The highest BCUT2D eigenvalue weighted by molar-refractivity contribution is 7.95. The molecule has 0 bridgehead atoms. The van der Waals surface area contributed by atoms with E-state index in [-0.39, 0.29) is 21.1 Å². The SMILES string of the molecule is Nc1nc2c(OSC(F)(F)F)ccc(F)c2s1. The fraction of sp³-hybridized carbons (Fsp3) is 0.125. The van der Waals surface area contributed by atoms with Gasteiger partial charge in [0.2, 0.25) is 0 Å². The number of fused-ring (bicyclic) bond motifs is 1. The molecular weight excluding hydrogens is 280 g/mol. The first-order chi connectivity index (χ1) is 7.87. The average Bonchev–Trinajstić information content (AvgIpc) is 2.58. The highest BCUT2D eigenvalue weighted by atomic mass is 32.2. The largest absolute Gasteiger partial charge is 0.479 e. The van der Waals surface area contributed by atoms with Gasteiger partial charge in [0.1, 0.15) is 11.3 Å². The summed E-state index contributed by atoms with van der Waals surface area (Å²) in [4.78, 5) is 3.73. The minimum Gasteiger partial charge on any atom is -0.415 e. The lowest BCUT2D eigenvalue weighted by molar-refractivity contribution is -0.0369. The maximum Gasteiger partial charge on any atom is 0.479 e. The molecule has 0 radical (unpaired) electrons. The number of anilines is 1. The number of aromatic nitrogens is 1. The Labute approximate surface area is 101 Å².